The number of rotatable bonds is 1. The summed E-state index contributed by atoms with van der Waals surface area (Å²) in [4.78, 5) is 37.4. The molecular weight excluding hydrogens is 282 g/mol. The van der Waals surface area contributed by atoms with Crippen molar-refractivity contribution in [1.82, 2.24) is 10.2 Å². The number of carbonyl (C=O) groups excluding carboxylic acids is 3. The lowest BCUT2D eigenvalue weighted by atomic mass is 9.95. The van der Waals surface area contributed by atoms with E-state index in [1.807, 2.05) is 11.8 Å². The topological polar surface area (TPSA) is 78.5 Å². The van der Waals surface area contributed by atoms with Crippen LogP contribution < -0.4 is 10.6 Å². The number of hydrogen-bond acceptors (Lipinski definition) is 3. The summed E-state index contributed by atoms with van der Waals surface area (Å²) in [5.74, 6) is -0.321. The number of anilines is 1. The van der Waals surface area contributed by atoms with Crippen LogP contribution in [0.2, 0.25) is 0 Å². The SMILES string of the molecule is CC1CCC(C)N(C(=O)Nc2ccc3c(c2)C(=O)NC3=O)C1. The first kappa shape index (κ1) is 14.6. The van der Waals surface area contributed by atoms with E-state index < -0.39 is 11.8 Å². The zero-order valence-electron chi connectivity index (χ0n) is 12.7. The van der Waals surface area contributed by atoms with Crippen molar-refractivity contribution in [3.05, 3.63) is 29.3 Å². The van der Waals surface area contributed by atoms with Crippen LogP contribution in [0.15, 0.2) is 18.2 Å². The molecule has 116 valence electrons. The maximum Gasteiger partial charge on any atom is 0.322 e. The van der Waals surface area contributed by atoms with Gasteiger partial charge in [-0.2, -0.15) is 0 Å². The third kappa shape index (κ3) is 2.56. The minimum absolute atomic E-state index is 0.163. The van der Waals surface area contributed by atoms with E-state index in [1.54, 1.807) is 18.2 Å². The highest BCUT2D eigenvalue weighted by Gasteiger charge is 2.29. The van der Waals surface area contributed by atoms with E-state index in [2.05, 4.69) is 17.6 Å². The molecule has 6 nitrogen and oxygen atoms in total. The van der Waals surface area contributed by atoms with Gasteiger partial charge in [-0.15, -0.1) is 0 Å². The highest BCUT2D eigenvalue weighted by atomic mass is 16.2. The van der Waals surface area contributed by atoms with E-state index in [-0.39, 0.29) is 12.1 Å². The number of benzene rings is 1. The first-order valence-corrected chi connectivity index (χ1v) is 7.53. The highest BCUT2D eigenvalue weighted by Crippen LogP contribution is 2.24. The van der Waals surface area contributed by atoms with Crippen molar-refractivity contribution in [2.45, 2.75) is 32.7 Å². The van der Waals surface area contributed by atoms with Gasteiger partial charge in [-0.3, -0.25) is 14.9 Å². The van der Waals surface area contributed by atoms with Crippen LogP contribution in [-0.2, 0) is 0 Å². The molecule has 0 aromatic heterocycles. The molecule has 3 rings (SSSR count). The van der Waals surface area contributed by atoms with E-state index in [9.17, 15) is 14.4 Å². The van der Waals surface area contributed by atoms with Crippen molar-refractivity contribution in [1.29, 1.82) is 0 Å². The summed E-state index contributed by atoms with van der Waals surface area (Å²) in [7, 11) is 0. The van der Waals surface area contributed by atoms with Crippen molar-refractivity contribution < 1.29 is 14.4 Å². The van der Waals surface area contributed by atoms with E-state index in [0.29, 0.717) is 22.7 Å². The molecule has 2 N–H and O–H groups in total. The lowest BCUT2D eigenvalue weighted by Crippen LogP contribution is -2.46. The number of imide groups is 1. The largest absolute Gasteiger partial charge is 0.322 e. The van der Waals surface area contributed by atoms with Crippen LogP contribution in [0, 0.1) is 5.92 Å². The molecule has 2 aliphatic heterocycles. The number of nitrogens with zero attached hydrogens (tertiary/aromatic N) is 1. The molecule has 1 fully saturated rings. The predicted molar refractivity (Wildman–Crippen MR) is 81.8 cm³/mol. The van der Waals surface area contributed by atoms with Crippen LogP contribution in [0.25, 0.3) is 0 Å². The van der Waals surface area contributed by atoms with Gasteiger partial charge in [-0.1, -0.05) is 6.92 Å². The molecule has 0 spiro atoms. The second-order valence-electron chi connectivity index (χ2n) is 6.16. The van der Waals surface area contributed by atoms with Crippen molar-refractivity contribution in [3.8, 4) is 0 Å². The summed E-state index contributed by atoms with van der Waals surface area (Å²) < 4.78 is 0. The van der Waals surface area contributed by atoms with Crippen molar-refractivity contribution >= 4 is 23.5 Å². The number of piperidine rings is 1. The highest BCUT2D eigenvalue weighted by molar-refractivity contribution is 6.22. The van der Waals surface area contributed by atoms with Gasteiger partial charge in [0, 0.05) is 18.3 Å². The lowest BCUT2D eigenvalue weighted by molar-refractivity contribution is 0.0879. The fraction of sp³-hybridized carbons (Fsp3) is 0.438. The van der Waals surface area contributed by atoms with E-state index in [4.69, 9.17) is 0 Å². The maximum absolute atomic E-state index is 12.4. The fourth-order valence-corrected chi connectivity index (χ4v) is 3.01. The third-order valence-corrected chi connectivity index (χ3v) is 4.37. The van der Waals surface area contributed by atoms with Gasteiger partial charge in [0.15, 0.2) is 0 Å². The first-order valence-electron chi connectivity index (χ1n) is 7.53. The number of fused-ring (bicyclic) bond motifs is 1. The second kappa shape index (κ2) is 5.44. The Bertz CT molecular complexity index is 656. The van der Waals surface area contributed by atoms with Gasteiger partial charge < -0.3 is 10.2 Å². The van der Waals surface area contributed by atoms with Crippen LogP contribution >= 0.6 is 0 Å². The number of urea groups is 1. The Hall–Kier alpha value is -2.37. The van der Waals surface area contributed by atoms with E-state index in [0.717, 1.165) is 19.4 Å². The number of likely N-dealkylation sites (tertiary alicyclic amines) is 1. The normalized spacial score (nSPS) is 24.0. The quantitative estimate of drug-likeness (QED) is 0.781. The Morgan fingerprint density at radius 2 is 1.91 bits per heavy atom. The van der Waals surface area contributed by atoms with Gasteiger partial charge in [0.1, 0.15) is 0 Å². The Labute approximate surface area is 128 Å². The molecule has 0 saturated carbocycles. The van der Waals surface area contributed by atoms with Crippen LogP contribution in [-0.4, -0.2) is 35.3 Å². The molecule has 2 unspecified atom stereocenters. The van der Waals surface area contributed by atoms with Crippen LogP contribution in [0.3, 0.4) is 0 Å². The Balaban J connectivity index is 1.76. The minimum atomic E-state index is -0.420. The fourth-order valence-electron chi connectivity index (χ4n) is 3.01. The van der Waals surface area contributed by atoms with E-state index >= 15 is 0 Å². The van der Waals surface area contributed by atoms with Gasteiger partial charge in [0.2, 0.25) is 0 Å². The molecule has 1 aromatic carbocycles. The van der Waals surface area contributed by atoms with E-state index in [1.165, 1.54) is 0 Å². The average Bonchev–Trinajstić information content (AvgIpc) is 2.76. The van der Waals surface area contributed by atoms with Crippen molar-refractivity contribution in [3.63, 3.8) is 0 Å². The first-order chi connectivity index (χ1) is 10.5. The van der Waals surface area contributed by atoms with Crippen LogP contribution in [0.4, 0.5) is 10.5 Å². The summed E-state index contributed by atoms with van der Waals surface area (Å²) in [6, 6.07) is 4.80. The molecule has 2 aliphatic rings. The maximum atomic E-state index is 12.4. The summed E-state index contributed by atoms with van der Waals surface area (Å²) in [5, 5.41) is 5.06. The van der Waals surface area contributed by atoms with Crippen LogP contribution in [0.1, 0.15) is 47.4 Å². The molecule has 0 bridgehead atoms. The third-order valence-electron chi connectivity index (χ3n) is 4.37. The van der Waals surface area contributed by atoms with Gasteiger partial charge in [0.25, 0.3) is 11.8 Å². The molecule has 6 heteroatoms. The predicted octanol–water partition coefficient (Wildman–Crippen LogP) is 2.22. The van der Waals surface area contributed by atoms with Gasteiger partial charge in [-0.25, -0.2) is 4.79 Å². The summed E-state index contributed by atoms with van der Waals surface area (Å²) >= 11 is 0. The molecule has 0 radical (unpaired) electrons. The lowest BCUT2D eigenvalue weighted by Gasteiger charge is -2.36. The zero-order valence-corrected chi connectivity index (χ0v) is 12.7. The number of nitrogens with one attached hydrogen (secondary N) is 2. The molecule has 4 amide bonds. The number of carbonyl (C=O) groups is 3. The van der Waals surface area contributed by atoms with Gasteiger partial charge in [0.05, 0.1) is 11.1 Å². The number of hydrogen-bond donors (Lipinski definition) is 2. The Morgan fingerprint density at radius 3 is 2.68 bits per heavy atom. The summed E-state index contributed by atoms with van der Waals surface area (Å²) in [5.41, 5.74) is 1.19. The summed E-state index contributed by atoms with van der Waals surface area (Å²) in [6.45, 7) is 4.91. The Kier molecular flexibility index (Phi) is 3.60. The molecule has 2 atom stereocenters. The smallest absolute Gasteiger partial charge is 0.322 e. The van der Waals surface area contributed by atoms with Crippen LogP contribution in [0.5, 0.6) is 0 Å². The monoisotopic (exact) mass is 301 g/mol. The summed E-state index contributed by atoms with van der Waals surface area (Å²) in [6.07, 6.45) is 2.13. The van der Waals surface area contributed by atoms with Gasteiger partial charge >= 0.3 is 6.03 Å². The standard InChI is InChI=1S/C16H19N3O3/c1-9-3-4-10(2)19(8-9)16(22)17-11-5-6-12-13(7-11)15(21)18-14(12)20/h5-7,9-10H,3-4,8H2,1-2H3,(H,17,22)(H,18,20,21). The van der Waals surface area contributed by atoms with Crippen molar-refractivity contribution in [2.24, 2.45) is 5.92 Å². The molecule has 0 aliphatic carbocycles. The average molecular weight is 301 g/mol. The second-order valence-corrected chi connectivity index (χ2v) is 6.16. The molecule has 1 saturated heterocycles. The van der Waals surface area contributed by atoms with Gasteiger partial charge in [-0.05, 0) is 43.9 Å². The molecule has 22 heavy (non-hydrogen) atoms. The number of amides is 4. The molecule has 2 heterocycles. The van der Waals surface area contributed by atoms with Crippen molar-refractivity contribution in [2.75, 3.05) is 11.9 Å². The Morgan fingerprint density at radius 1 is 1.18 bits per heavy atom. The minimum Gasteiger partial charge on any atom is -0.322 e. The molecule has 1 aromatic rings. The molecular formula is C16H19N3O3. The zero-order chi connectivity index (χ0) is 15.9.